The Labute approximate surface area is 654 Å². The van der Waals surface area contributed by atoms with Crippen LogP contribution in [-0.2, 0) is 85.4 Å². The Morgan fingerprint density at radius 2 is 1.04 bits per heavy atom. The monoisotopic (exact) mass is 1650 g/mol. The van der Waals surface area contributed by atoms with Crippen LogP contribution in [0.1, 0.15) is 99.8 Å². The van der Waals surface area contributed by atoms with Crippen LogP contribution in [0, 0.1) is 50.2 Å². The molecule has 0 aromatic carbocycles. The molecule has 0 radical (unpaired) electrons. The molecule has 23 N–H and O–H groups in total. The number of esters is 1. The van der Waals surface area contributed by atoms with Crippen LogP contribution in [0.25, 0.3) is 0 Å². The number of aliphatic carboxylic acids is 1. The van der Waals surface area contributed by atoms with Crippen LogP contribution in [0.5, 0.6) is 0 Å². The zero-order chi connectivity index (χ0) is 83.1. The number of hydrogen-bond acceptors (Lipinski definition) is 40. The van der Waals surface area contributed by atoms with Gasteiger partial charge in [0.2, 0.25) is 6.29 Å². The van der Waals surface area contributed by atoms with Crippen molar-refractivity contribution < 1.29 is 203 Å². The van der Waals surface area contributed by atoms with E-state index in [-0.39, 0.29) is 25.2 Å². The molecule has 41 nitrogen and oxygen atoms in total. The molecular formula is C73H116O41. The molecule has 0 amide bonds. The summed E-state index contributed by atoms with van der Waals surface area (Å²) >= 11 is 0. The first-order valence-electron chi connectivity index (χ1n) is 39.0. The van der Waals surface area contributed by atoms with E-state index in [1.54, 1.807) is 6.92 Å². The average molecular weight is 1650 g/mol. The highest BCUT2D eigenvalue weighted by Crippen LogP contribution is 2.76. The highest BCUT2D eigenvalue weighted by molar-refractivity contribution is 5.80. The number of allylic oxidation sites excluding steroid dienone is 2. The molecule has 8 saturated heterocycles. The van der Waals surface area contributed by atoms with E-state index < -0.39 is 336 Å². The molecule has 12 fully saturated rings. The van der Waals surface area contributed by atoms with E-state index in [0.717, 1.165) is 5.57 Å². The lowest BCUT2D eigenvalue weighted by molar-refractivity contribution is -0.385. The second kappa shape index (κ2) is 33.1. The Morgan fingerprint density at radius 1 is 0.482 bits per heavy atom. The van der Waals surface area contributed by atoms with Gasteiger partial charge in [-0.3, -0.25) is 4.79 Å². The van der Waals surface area contributed by atoms with E-state index in [2.05, 4.69) is 13.0 Å². The minimum absolute atomic E-state index is 0.00353. The van der Waals surface area contributed by atoms with Crippen LogP contribution >= 0.6 is 0 Å². The maximum absolute atomic E-state index is 15.8. The predicted octanol–water partition coefficient (Wildman–Crippen LogP) is -9.51. The highest BCUT2D eigenvalue weighted by Gasteiger charge is 2.74. The number of ether oxygens (including phenoxy) is 16. The first kappa shape index (κ1) is 89.0. The topological polar surface area (TPSA) is 647 Å². The summed E-state index contributed by atoms with van der Waals surface area (Å²) in [6, 6.07) is 0. The van der Waals surface area contributed by atoms with E-state index in [1.807, 2.05) is 27.7 Å². The Bertz CT molecular complexity index is 3370. The molecule has 8 heterocycles. The van der Waals surface area contributed by atoms with E-state index in [4.69, 9.17) is 75.8 Å². The summed E-state index contributed by atoms with van der Waals surface area (Å²) in [4.78, 5) is 28.5. The Kier molecular flexibility index (Phi) is 25.8. The summed E-state index contributed by atoms with van der Waals surface area (Å²) in [5, 5.41) is 256. The van der Waals surface area contributed by atoms with Gasteiger partial charge >= 0.3 is 11.9 Å². The fraction of sp³-hybridized carbons (Fsp3) is 0.945. The van der Waals surface area contributed by atoms with Crippen molar-refractivity contribution in [2.75, 3.05) is 59.5 Å². The number of aliphatic hydroxyl groups excluding tert-OH is 20. The van der Waals surface area contributed by atoms with Crippen molar-refractivity contribution in [3.8, 4) is 0 Å². The lowest BCUT2D eigenvalue weighted by Gasteiger charge is -2.72. The minimum atomic E-state index is -2.32. The fourth-order valence-corrected chi connectivity index (χ4v) is 21.2. The molecule has 44 unspecified atom stereocenters. The third-order valence-corrected chi connectivity index (χ3v) is 28.2. The molecule has 8 aliphatic heterocycles. The van der Waals surface area contributed by atoms with E-state index in [1.165, 1.54) is 6.92 Å². The summed E-state index contributed by atoms with van der Waals surface area (Å²) in [7, 11) is 0. The quantitative estimate of drug-likeness (QED) is 0.0288. The molecule has 44 atom stereocenters. The van der Waals surface area contributed by atoms with Crippen LogP contribution in [0.4, 0.5) is 0 Å². The summed E-state index contributed by atoms with van der Waals surface area (Å²) in [5.41, 5.74) is -9.70. The van der Waals surface area contributed by atoms with Gasteiger partial charge in [0.05, 0.1) is 83.9 Å². The summed E-state index contributed by atoms with van der Waals surface area (Å²) in [6.45, 7) is 6.96. The van der Waals surface area contributed by atoms with E-state index in [0.29, 0.717) is 32.1 Å². The van der Waals surface area contributed by atoms with Gasteiger partial charge in [-0.2, -0.15) is 0 Å². The molecule has 5 aliphatic carbocycles. The van der Waals surface area contributed by atoms with Gasteiger partial charge in [0.15, 0.2) is 56.2 Å². The minimum Gasteiger partial charge on any atom is -0.479 e. The number of carbonyl (C=O) groups excluding carboxylic acids is 1. The molecule has 13 aliphatic rings. The molecule has 41 heteroatoms. The van der Waals surface area contributed by atoms with Gasteiger partial charge in [-0.25, -0.2) is 4.79 Å². The van der Waals surface area contributed by atoms with Crippen molar-refractivity contribution in [1.82, 2.24) is 0 Å². The molecule has 0 aromatic heterocycles. The van der Waals surface area contributed by atoms with Crippen molar-refractivity contribution in [2.45, 2.75) is 320 Å². The third kappa shape index (κ3) is 15.1. The lowest BCUT2D eigenvalue weighted by atomic mass is 9.33. The zero-order valence-corrected chi connectivity index (χ0v) is 64.1. The van der Waals surface area contributed by atoms with Crippen LogP contribution in [0.3, 0.4) is 0 Å². The first-order valence-corrected chi connectivity index (χ1v) is 39.0. The molecule has 0 aromatic rings. The van der Waals surface area contributed by atoms with E-state index in [9.17, 15) is 122 Å². The molecule has 0 bridgehead atoms. The van der Waals surface area contributed by atoms with Gasteiger partial charge < -0.3 is 193 Å². The highest BCUT2D eigenvalue weighted by atomic mass is 16.8. The van der Waals surface area contributed by atoms with Crippen molar-refractivity contribution in [3.05, 3.63) is 11.6 Å². The third-order valence-electron chi connectivity index (χ3n) is 28.2. The van der Waals surface area contributed by atoms with Gasteiger partial charge in [-0.15, -0.1) is 0 Å². The maximum Gasteiger partial charge on any atom is 0.335 e. The van der Waals surface area contributed by atoms with Crippen molar-refractivity contribution >= 4 is 11.9 Å². The SMILES string of the molecule is CC1OC(OC2COC(OC3C(O)CC4(C)C(CCC5(C)C4CC=C4C6CC(C)(C)CCC6(C(=O)OC6OC(C(=O)O)C(O)C(O)C6OC6OC(CO)C(O)C(O)C6OC6OCC(O)C(O)C6O)C(O)CC45C)C3(C)CO)C(O)C2O)C(O)C(OC2OCC(O)(CO)C2O)C1OC1OCC(O)C(OC2OCC(O)(CO)C2O)C1O. The van der Waals surface area contributed by atoms with Crippen molar-refractivity contribution in [2.24, 2.45) is 50.2 Å². The average Bonchev–Trinajstić information content (AvgIpc) is 1.03. The predicted molar refractivity (Wildman–Crippen MR) is 367 cm³/mol. The summed E-state index contributed by atoms with van der Waals surface area (Å²) in [6.07, 6.45) is -58.3. The second-order valence-corrected chi connectivity index (χ2v) is 35.7. The number of fused-ring (bicyclic) bond motifs is 7. The standard InChI is InChI=1S/C73H116O41/c1-26-47(107-59-45(90)48(31(80)19-100-59)108-63-53(92)71(97,22-76)24-102-63)49(109-64-54(93)72(98,23-77)25-103-64)46(91)60(104-26)106-33-20-101-58(44(89)39(33)84)113-55-29(78)15-67(4)34(68(55,5)21-75)10-11-69(6)35(67)9-8-27-28-14-66(2,3)12-13-73(28,36(81)16-70(27,69)7)65(96)114-62-52(42(87)41(86)50(110-62)56(94)95)112-61-51(40(85)38(83)32(17-74)105-61)111-57-43(88)37(82)30(79)18-99-57/h8,26,28-55,57-64,74-93,97-98H,9-25H2,1-7H3,(H,94,95). The number of aliphatic hydroxyl groups is 22. The number of hydrogen-bond donors (Lipinski definition) is 23. The Hall–Kier alpha value is -2.80. The van der Waals surface area contributed by atoms with Crippen LogP contribution in [-0.4, -0.2) is 409 Å². The molecule has 4 saturated carbocycles. The zero-order valence-electron chi connectivity index (χ0n) is 64.1. The normalized spacial score (nSPS) is 54.9. The van der Waals surface area contributed by atoms with Gasteiger partial charge in [-0.05, 0) is 97.7 Å². The second-order valence-electron chi connectivity index (χ2n) is 35.7. The Morgan fingerprint density at radius 3 is 1.65 bits per heavy atom. The number of carboxylic acids is 1. The van der Waals surface area contributed by atoms with Gasteiger partial charge in [0.1, 0.15) is 139 Å². The molecule has 0 spiro atoms. The van der Waals surface area contributed by atoms with Gasteiger partial charge in [-0.1, -0.05) is 53.2 Å². The largest absolute Gasteiger partial charge is 0.479 e. The number of carboxylic acid groups (broad SMARTS) is 1. The summed E-state index contributed by atoms with van der Waals surface area (Å²) in [5.74, 6) is -4.47. The molecule has 654 valence electrons. The smallest absolute Gasteiger partial charge is 0.335 e. The van der Waals surface area contributed by atoms with Gasteiger partial charge in [0.25, 0.3) is 0 Å². The number of carbonyl (C=O) groups is 2. The Balaban J connectivity index is 0.705. The van der Waals surface area contributed by atoms with Crippen molar-refractivity contribution in [1.29, 1.82) is 0 Å². The fourth-order valence-electron chi connectivity index (χ4n) is 21.2. The van der Waals surface area contributed by atoms with Gasteiger partial charge in [0, 0.05) is 5.41 Å². The van der Waals surface area contributed by atoms with E-state index >= 15 is 4.79 Å². The summed E-state index contributed by atoms with van der Waals surface area (Å²) < 4.78 is 94.5. The van der Waals surface area contributed by atoms with Crippen molar-refractivity contribution in [3.63, 3.8) is 0 Å². The number of rotatable bonds is 21. The van der Waals surface area contributed by atoms with Crippen LogP contribution in [0.15, 0.2) is 11.6 Å². The first-order chi connectivity index (χ1) is 53.5. The molecule has 114 heavy (non-hydrogen) atoms. The maximum atomic E-state index is 15.8. The lowest BCUT2D eigenvalue weighted by Crippen LogP contribution is -2.70. The molecule has 13 rings (SSSR count). The van der Waals surface area contributed by atoms with Crippen LogP contribution in [0.2, 0.25) is 0 Å². The molecular weight excluding hydrogens is 1530 g/mol. The van der Waals surface area contributed by atoms with Crippen LogP contribution < -0.4 is 0 Å².